The zero-order valence-electron chi connectivity index (χ0n) is 11.1. The van der Waals surface area contributed by atoms with Crippen molar-refractivity contribution in [3.05, 3.63) is 52.9 Å². The van der Waals surface area contributed by atoms with E-state index in [9.17, 15) is 0 Å². The average Bonchev–Trinajstić information content (AvgIpc) is 2.42. The Morgan fingerprint density at radius 1 is 1.21 bits per heavy atom. The first-order valence-electron chi connectivity index (χ1n) is 6.10. The second-order valence-corrected chi connectivity index (χ2v) is 4.78. The van der Waals surface area contributed by atoms with Crippen LogP contribution < -0.4 is 5.32 Å². The van der Waals surface area contributed by atoms with Gasteiger partial charge in [-0.05, 0) is 31.3 Å². The molecule has 0 atom stereocenters. The minimum atomic E-state index is 0.685. The molecular formula is C14H17ClN4. The number of halogens is 1. The van der Waals surface area contributed by atoms with Gasteiger partial charge in [0.1, 0.15) is 5.82 Å². The van der Waals surface area contributed by atoms with Gasteiger partial charge in [-0.2, -0.15) is 0 Å². The van der Waals surface area contributed by atoms with Gasteiger partial charge in [-0.25, -0.2) is 4.98 Å². The summed E-state index contributed by atoms with van der Waals surface area (Å²) in [5.74, 6) is 0.825. The fourth-order valence-electron chi connectivity index (χ4n) is 1.81. The summed E-state index contributed by atoms with van der Waals surface area (Å²) >= 11 is 6.17. The van der Waals surface area contributed by atoms with E-state index in [1.165, 1.54) is 0 Å². The topological polar surface area (TPSA) is 41.0 Å². The molecule has 2 aromatic rings. The third kappa shape index (κ3) is 3.91. The summed E-state index contributed by atoms with van der Waals surface area (Å²) in [5.41, 5.74) is 1.90. The molecule has 100 valence electrons. The molecule has 4 nitrogen and oxygen atoms in total. The number of nitrogens with one attached hydrogen (secondary N) is 1. The number of rotatable bonds is 5. The Bertz CT molecular complexity index is 530. The van der Waals surface area contributed by atoms with Crippen LogP contribution in [0.5, 0.6) is 0 Å². The Hall–Kier alpha value is -1.65. The lowest BCUT2D eigenvalue weighted by Gasteiger charge is -2.16. The van der Waals surface area contributed by atoms with Crippen LogP contribution in [0.15, 0.2) is 36.5 Å². The third-order valence-corrected chi connectivity index (χ3v) is 3.10. The maximum atomic E-state index is 6.17. The molecule has 2 rings (SSSR count). The van der Waals surface area contributed by atoms with Gasteiger partial charge >= 0.3 is 0 Å². The van der Waals surface area contributed by atoms with Gasteiger partial charge in [0.25, 0.3) is 0 Å². The number of hydrogen-bond acceptors (Lipinski definition) is 4. The van der Waals surface area contributed by atoms with Crippen molar-refractivity contribution in [2.75, 3.05) is 19.4 Å². The Kier molecular flexibility index (Phi) is 4.71. The molecule has 0 amide bonds. The van der Waals surface area contributed by atoms with Crippen molar-refractivity contribution in [2.24, 2.45) is 0 Å². The van der Waals surface area contributed by atoms with E-state index in [4.69, 9.17) is 11.6 Å². The molecule has 0 spiro atoms. The Balaban J connectivity index is 2.04. The quantitative estimate of drug-likeness (QED) is 0.912. The van der Waals surface area contributed by atoms with Crippen LogP contribution in [0.2, 0.25) is 5.02 Å². The highest BCUT2D eigenvalue weighted by molar-refractivity contribution is 6.31. The third-order valence-electron chi connectivity index (χ3n) is 2.75. The normalized spacial score (nSPS) is 10.7. The molecule has 0 aliphatic rings. The molecule has 0 radical (unpaired) electrons. The molecule has 0 aromatic carbocycles. The van der Waals surface area contributed by atoms with Gasteiger partial charge < -0.3 is 5.32 Å². The molecule has 0 fully saturated rings. The lowest BCUT2D eigenvalue weighted by molar-refractivity contribution is 0.311. The van der Waals surface area contributed by atoms with E-state index >= 15 is 0 Å². The van der Waals surface area contributed by atoms with Crippen LogP contribution in [0.25, 0.3) is 0 Å². The van der Waals surface area contributed by atoms with Gasteiger partial charge in [0, 0.05) is 26.3 Å². The lowest BCUT2D eigenvalue weighted by Crippen LogP contribution is -2.19. The van der Waals surface area contributed by atoms with Gasteiger partial charge in [-0.1, -0.05) is 17.7 Å². The van der Waals surface area contributed by atoms with Crippen molar-refractivity contribution >= 4 is 17.4 Å². The van der Waals surface area contributed by atoms with Crippen molar-refractivity contribution < 1.29 is 0 Å². The predicted octanol–water partition coefficient (Wildman–Crippen LogP) is 2.80. The van der Waals surface area contributed by atoms with Crippen LogP contribution in [0.4, 0.5) is 5.82 Å². The van der Waals surface area contributed by atoms with Crippen LogP contribution in [-0.2, 0) is 13.1 Å². The van der Waals surface area contributed by atoms with Crippen molar-refractivity contribution in [3.8, 4) is 0 Å². The fourth-order valence-corrected chi connectivity index (χ4v) is 1.98. The summed E-state index contributed by atoms with van der Waals surface area (Å²) in [6.07, 6.45) is 1.80. The average molecular weight is 277 g/mol. The highest BCUT2D eigenvalue weighted by Crippen LogP contribution is 2.18. The van der Waals surface area contributed by atoms with Crippen LogP contribution >= 0.6 is 11.6 Å². The maximum Gasteiger partial charge on any atom is 0.126 e. The fraction of sp³-hybridized carbons (Fsp3) is 0.286. The van der Waals surface area contributed by atoms with E-state index in [1.807, 2.05) is 44.4 Å². The minimum Gasteiger partial charge on any atom is -0.373 e. The van der Waals surface area contributed by atoms with E-state index in [-0.39, 0.29) is 0 Å². The molecule has 5 heteroatoms. The Morgan fingerprint density at radius 2 is 2.05 bits per heavy atom. The predicted molar refractivity (Wildman–Crippen MR) is 78.2 cm³/mol. The minimum absolute atomic E-state index is 0.685. The van der Waals surface area contributed by atoms with Gasteiger partial charge in [-0.3, -0.25) is 9.88 Å². The Morgan fingerprint density at radius 3 is 2.74 bits per heavy atom. The number of pyridine rings is 2. The van der Waals surface area contributed by atoms with Crippen molar-refractivity contribution in [1.29, 1.82) is 0 Å². The highest BCUT2D eigenvalue weighted by Gasteiger charge is 2.08. The van der Waals surface area contributed by atoms with E-state index in [1.54, 1.807) is 6.20 Å². The second kappa shape index (κ2) is 6.50. The number of aromatic nitrogens is 2. The molecule has 0 saturated heterocycles. The van der Waals surface area contributed by atoms with E-state index < -0.39 is 0 Å². The molecule has 2 aromatic heterocycles. The monoisotopic (exact) mass is 276 g/mol. The van der Waals surface area contributed by atoms with Gasteiger partial charge in [0.15, 0.2) is 0 Å². The summed E-state index contributed by atoms with van der Waals surface area (Å²) < 4.78 is 0. The second-order valence-electron chi connectivity index (χ2n) is 4.37. The van der Waals surface area contributed by atoms with E-state index in [0.717, 1.165) is 23.8 Å². The smallest absolute Gasteiger partial charge is 0.126 e. The standard InChI is InChI=1S/C14H17ClN4/c1-16-14-7-6-12(15)13(18-14)10-19(2)9-11-5-3-4-8-17-11/h3-8H,9-10H2,1-2H3,(H,16,18). The van der Waals surface area contributed by atoms with Gasteiger partial charge in [0.05, 0.1) is 16.4 Å². The molecule has 0 saturated carbocycles. The Labute approximate surface area is 118 Å². The first-order valence-corrected chi connectivity index (χ1v) is 6.48. The van der Waals surface area contributed by atoms with Crippen LogP contribution in [0.1, 0.15) is 11.4 Å². The van der Waals surface area contributed by atoms with E-state index in [0.29, 0.717) is 11.6 Å². The van der Waals surface area contributed by atoms with Crippen molar-refractivity contribution in [3.63, 3.8) is 0 Å². The number of hydrogen-bond donors (Lipinski definition) is 1. The van der Waals surface area contributed by atoms with Gasteiger partial charge in [0.2, 0.25) is 0 Å². The summed E-state index contributed by atoms with van der Waals surface area (Å²) in [6, 6.07) is 9.64. The van der Waals surface area contributed by atoms with Crippen LogP contribution in [-0.4, -0.2) is 29.0 Å². The SMILES string of the molecule is CNc1ccc(Cl)c(CN(C)Cc2ccccn2)n1. The summed E-state index contributed by atoms with van der Waals surface area (Å²) in [4.78, 5) is 10.9. The number of anilines is 1. The number of nitrogens with zero attached hydrogens (tertiary/aromatic N) is 3. The van der Waals surface area contributed by atoms with Crippen molar-refractivity contribution in [1.82, 2.24) is 14.9 Å². The van der Waals surface area contributed by atoms with E-state index in [2.05, 4.69) is 20.2 Å². The first kappa shape index (κ1) is 13.8. The molecule has 1 N–H and O–H groups in total. The van der Waals surface area contributed by atoms with Crippen LogP contribution in [0.3, 0.4) is 0 Å². The highest BCUT2D eigenvalue weighted by atomic mass is 35.5. The van der Waals surface area contributed by atoms with Crippen LogP contribution in [0, 0.1) is 0 Å². The maximum absolute atomic E-state index is 6.17. The molecule has 0 bridgehead atoms. The zero-order chi connectivity index (χ0) is 13.7. The van der Waals surface area contributed by atoms with Gasteiger partial charge in [-0.15, -0.1) is 0 Å². The molecule has 0 aliphatic heterocycles. The first-order chi connectivity index (χ1) is 9.19. The summed E-state index contributed by atoms with van der Waals surface area (Å²) in [6.45, 7) is 1.45. The molecule has 0 aliphatic carbocycles. The molecular weight excluding hydrogens is 260 g/mol. The molecule has 19 heavy (non-hydrogen) atoms. The van der Waals surface area contributed by atoms with Crippen molar-refractivity contribution in [2.45, 2.75) is 13.1 Å². The molecule has 0 unspecified atom stereocenters. The largest absolute Gasteiger partial charge is 0.373 e. The zero-order valence-corrected chi connectivity index (χ0v) is 11.9. The summed E-state index contributed by atoms with van der Waals surface area (Å²) in [5, 5.41) is 3.70. The lowest BCUT2D eigenvalue weighted by atomic mass is 10.3. The molecule has 2 heterocycles. The summed E-state index contributed by atoms with van der Waals surface area (Å²) in [7, 11) is 3.87.